The number of anilines is 1. The van der Waals surface area contributed by atoms with E-state index in [2.05, 4.69) is 9.97 Å². The standard InChI is InChI=1S/C24H22ClFN4O2/c1-12-15-5-7-30(20(15)4-6-28-12)21-10-14(22(31)23(21)32)3-2-13-8-18(26)16-11-17(25)24(27)29-19(16)9-13/h4-11,21-23,31-32H,2-3H2,1H3,(H2,27,29). The Morgan fingerprint density at radius 1 is 1.16 bits per heavy atom. The molecule has 0 spiro atoms. The summed E-state index contributed by atoms with van der Waals surface area (Å²) >= 11 is 5.96. The van der Waals surface area contributed by atoms with Gasteiger partial charge in [-0.2, -0.15) is 0 Å². The van der Waals surface area contributed by atoms with Crippen molar-refractivity contribution in [1.82, 2.24) is 14.5 Å². The summed E-state index contributed by atoms with van der Waals surface area (Å²) in [6.45, 7) is 1.94. The zero-order valence-corrected chi connectivity index (χ0v) is 18.1. The molecule has 4 N–H and O–H groups in total. The van der Waals surface area contributed by atoms with Crippen LogP contribution in [0, 0.1) is 12.7 Å². The van der Waals surface area contributed by atoms with Gasteiger partial charge in [-0.05, 0) is 61.2 Å². The largest absolute Gasteiger partial charge is 0.388 e. The lowest BCUT2D eigenvalue weighted by Crippen LogP contribution is -2.29. The van der Waals surface area contributed by atoms with Gasteiger partial charge in [0.1, 0.15) is 23.8 Å². The second kappa shape index (κ2) is 7.85. The number of benzene rings is 1. The lowest BCUT2D eigenvalue weighted by Gasteiger charge is -2.20. The molecule has 1 aromatic carbocycles. The Morgan fingerprint density at radius 3 is 2.78 bits per heavy atom. The summed E-state index contributed by atoms with van der Waals surface area (Å²) in [5, 5.41) is 22.9. The normalized spacial score (nSPS) is 20.9. The van der Waals surface area contributed by atoms with Crippen molar-refractivity contribution in [3.8, 4) is 0 Å². The third-order valence-electron chi connectivity index (χ3n) is 6.23. The molecule has 32 heavy (non-hydrogen) atoms. The predicted octanol–water partition coefficient (Wildman–Crippen LogP) is 4.10. The van der Waals surface area contributed by atoms with E-state index in [1.165, 1.54) is 12.1 Å². The molecule has 0 fully saturated rings. The molecule has 1 aliphatic carbocycles. The maximum absolute atomic E-state index is 14.6. The van der Waals surface area contributed by atoms with Gasteiger partial charge < -0.3 is 20.5 Å². The first-order valence-corrected chi connectivity index (χ1v) is 10.7. The van der Waals surface area contributed by atoms with E-state index in [9.17, 15) is 14.6 Å². The van der Waals surface area contributed by atoms with Crippen LogP contribution in [0.5, 0.6) is 0 Å². The van der Waals surface area contributed by atoms with Crippen molar-refractivity contribution in [1.29, 1.82) is 0 Å². The number of nitrogens with two attached hydrogens (primary N) is 1. The number of rotatable bonds is 4. The van der Waals surface area contributed by atoms with Crippen molar-refractivity contribution < 1.29 is 14.6 Å². The molecule has 164 valence electrons. The Hall–Kier alpha value is -3.00. The minimum Gasteiger partial charge on any atom is -0.388 e. The third-order valence-corrected chi connectivity index (χ3v) is 6.53. The first kappa shape index (κ1) is 20.9. The van der Waals surface area contributed by atoms with Crippen molar-refractivity contribution in [2.24, 2.45) is 0 Å². The Balaban J connectivity index is 1.42. The second-order valence-corrected chi connectivity index (χ2v) is 8.63. The highest BCUT2D eigenvalue weighted by Gasteiger charge is 2.35. The minimum atomic E-state index is -0.988. The summed E-state index contributed by atoms with van der Waals surface area (Å²) in [6.07, 6.45) is 4.54. The zero-order chi connectivity index (χ0) is 22.6. The van der Waals surface area contributed by atoms with Crippen molar-refractivity contribution in [3.05, 3.63) is 76.5 Å². The van der Waals surface area contributed by atoms with Gasteiger partial charge in [-0.3, -0.25) is 4.98 Å². The maximum atomic E-state index is 14.6. The topological polar surface area (TPSA) is 97.2 Å². The van der Waals surface area contributed by atoms with Crippen LogP contribution >= 0.6 is 11.6 Å². The van der Waals surface area contributed by atoms with E-state index < -0.39 is 24.1 Å². The van der Waals surface area contributed by atoms with Gasteiger partial charge in [0.2, 0.25) is 0 Å². The fourth-order valence-electron chi connectivity index (χ4n) is 4.50. The van der Waals surface area contributed by atoms with Crippen LogP contribution in [0.15, 0.2) is 54.4 Å². The molecule has 4 aromatic rings. The second-order valence-electron chi connectivity index (χ2n) is 8.22. The Labute approximate surface area is 188 Å². The number of fused-ring (bicyclic) bond motifs is 2. The van der Waals surface area contributed by atoms with Crippen LogP contribution in [0.25, 0.3) is 21.8 Å². The Bertz CT molecular complexity index is 1380. The van der Waals surface area contributed by atoms with Gasteiger partial charge in [0.15, 0.2) is 0 Å². The summed E-state index contributed by atoms with van der Waals surface area (Å²) in [7, 11) is 0. The molecule has 1 aliphatic rings. The van der Waals surface area contributed by atoms with Crippen LogP contribution in [0.4, 0.5) is 10.2 Å². The van der Waals surface area contributed by atoms with E-state index in [1.54, 1.807) is 12.3 Å². The van der Waals surface area contributed by atoms with Crippen LogP contribution < -0.4 is 5.73 Å². The summed E-state index contributed by atoms with van der Waals surface area (Å²) in [4.78, 5) is 8.49. The fraction of sp³-hybridized carbons (Fsp3) is 0.250. The van der Waals surface area contributed by atoms with Crippen LogP contribution in [-0.2, 0) is 6.42 Å². The first-order valence-electron chi connectivity index (χ1n) is 10.4. The van der Waals surface area contributed by atoms with Gasteiger partial charge in [0, 0.05) is 28.9 Å². The molecule has 6 nitrogen and oxygen atoms in total. The van der Waals surface area contributed by atoms with Gasteiger partial charge in [-0.15, -0.1) is 0 Å². The van der Waals surface area contributed by atoms with Gasteiger partial charge in [0.25, 0.3) is 0 Å². The molecule has 5 rings (SSSR count). The monoisotopic (exact) mass is 452 g/mol. The minimum absolute atomic E-state index is 0.153. The summed E-state index contributed by atoms with van der Waals surface area (Å²) in [6, 6.07) is 8.16. The van der Waals surface area contributed by atoms with Crippen molar-refractivity contribution >= 4 is 39.2 Å². The lowest BCUT2D eigenvalue weighted by atomic mass is 10.0. The van der Waals surface area contributed by atoms with E-state index in [0.29, 0.717) is 23.7 Å². The highest BCUT2D eigenvalue weighted by molar-refractivity contribution is 6.33. The molecule has 0 saturated heterocycles. The fourth-order valence-corrected chi connectivity index (χ4v) is 4.65. The number of halogens is 2. The van der Waals surface area contributed by atoms with E-state index in [-0.39, 0.29) is 10.8 Å². The van der Waals surface area contributed by atoms with Gasteiger partial charge >= 0.3 is 0 Å². The smallest absolute Gasteiger partial charge is 0.142 e. The highest BCUT2D eigenvalue weighted by Crippen LogP contribution is 2.35. The van der Waals surface area contributed by atoms with Gasteiger partial charge in [0.05, 0.1) is 22.1 Å². The molecule has 0 amide bonds. The molecule has 3 unspecified atom stereocenters. The quantitative estimate of drug-likeness (QED) is 0.405. The number of hydrogen-bond acceptors (Lipinski definition) is 5. The number of aromatic nitrogens is 3. The third kappa shape index (κ3) is 3.43. The average Bonchev–Trinajstić information content (AvgIpc) is 3.31. The number of aliphatic hydroxyl groups excluding tert-OH is 2. The van der Waals surface area contributed by atoms with E-state index in [4.69, 9.17) is 17.3 Å². The zero-order valence-electron chi connectivity index (χ0n) is 17.3. The molecule has 8 heteroatoms. The molecule has 0 aliphatic heterocycles. The van der Waals surface area contributed by atoms with E-state index >= 15 is 0 Å². The molecule has 3 atom stereocenters. The summed E-state index contributed by atoms with van der Waals surface area (Å²) in [5.41, 5.74) is 9.50. The number of aryl methyl sites for hydroxylation is 2. The van der Waals surface area contributed by atoms with Gasteiger partial charge in [-0.25, -0.2) is 9.37 Å². The molecular weight excluding hydrogens is 431 g/mol. The average molecular weight is 453 g/mol. The Kier molecular flexibility index (Phi) is 5.12. The van der Waals surface area contributed by atoms with Crippen LogP contribution in [0.1, 0.15) is 23.7 Å². The van der Waals surface area contributed by atoms with Crippen molar-refractivity contribution in [3.63, 3.8) is 0 Å². The van der Waals surface area contributed by atoms with Gasteiger partial charge in [-0.1, -0.05) is 17.7 Å². The summed E-state index contributed by atoms with van der Waals surface area (Å²) in [5.74, 6) is -0.270. The number of pyridine rings is 2. The van der Waals surface area contributed by atoms with E-state index in [1.807, 2.05) is 35.9 Å². The predicted molar refractivity (Wildman–Crippen MR) is 123 cm³/mol. The van der Waals surface area contributed by atoms with Crippen molar-refractivity contribution in [2.45, 2.75) is 38.0 Å². The van der Waals surface area contributed by atoms with Crippen LogP contribution in [0.2, 0.25) is 5.02 Å². The molecular formula is C24H22ClFN4O2. The number of aliphatic hydroxyl groups is 2. The maximum Gasteiger partial charge on any atom is 0.142 e. The number of nitrogen functional groups attached to an aromatic ring is 1. The molecule has 0 radical (unpaired) electrons. The molecule has 0 bridgehead atoms. The Morgan fingerprint density at radius 2 is 1.97 bits per heavy atom. The molecule has 0 saturated carbocycles. The summed E-state index contributed by atoms with van der Waals surface area (Å²) < 4.78 is 16.5. The molecule has 3 heterocycles. The SMILES string of the molecule is Cc1nccc2c1ccn2C1C=C(CCc2cc(F)c3cc(Cl)c(N)nc3c2)C(O)C1O. The van der Waals surface area contributed by atoms with Crippen LogP contribution in [-0.4, -0.2) is 37.0 Å². The molecule has 3 aromatic heterocycles. The number of nitrogens with zero attached hydrogens (tertiary/aromatic N) is 3. The first-order chi connectivity index (χ1) is 15.3. The number of hydrogen-bond donors (Lipinski definition) is 3. The van der Waals surface area contributed by atoms with Crippen molar-refractivity contribution in [2.75, 3.05) is 5.73 Å². The highest BCUT2D eigenvalue weighted by atomic mass is 35.5. The van der Waals surface area contributed by atoms with Crippen LogP contribution in [0.3, 0.4) is 0 Å². The lowest BCUT2D eigenvalue weighted by molar-refractivity contribution is 0.0318. The van der Waals surface area contributed by atoms with E-state index in [0.717, 1.165) is 27.7 Å².